The molecule has 0 saturated carbocycles. The summed E-state index contributed by atoms with van der Waals surface area (Å²) in [6, 6.07) is 5.33. The smallest absolute Gasteiger partial charge is 0.406 e. The van der Waals surface area contributed by atoms with Gasteiger partial charge in [0.05, 0.1) is 0 Å². The lowest BCUT2D eigenvalue weighted by atomic mass is 9.86. The van der Waals surface area contributed by atoms with E-state index in [4.69, 9.17) is 9.84 Å². The van der Waals surface area contributed by atoms with Gasteiger partial charge in [-0.3, -0.25) is 9.59 Å². The maximum absolute atomic E-state index is 13.1. The number of alkyl halides is 3. The summed E-state index contributed by atoms with van der Waals surface area (Å²) in [5.74, 6) is -2.16. The second kappa shape index (κ2) is 6.33. The van der Waals surface area contributed by atoms with E-state index in [2.05, 4.69) is 0 Å². The van der Waals surface area contributed by atoms with Gasteiger partial charge < -0.3 is 14.7 Å². The molecule has 132 valence electrons. The Morgan fingerprint density at radius 1 is 1.33 bits per heavy atom. The number of rotatable bonds is 4. The number of likely N-dealkylation sites (tertiary alicyclic amines) is 1. The molecule has 1 aliphatic rings. The standard InChI is InChI=1S/C16H18F3NO4/c1-10-3-4-12(11(2)7-10)24-8-13(21)20-6-5-15(9-20,14(22)23)16(17,18)19/h3-4,7H,5-6,8-9H2,1-2H3,(H,22,23). The third-order valence-electron chi connectivity index (χ3n) is 4.26. The number of carbonyl (C=O) groups excluding carboxylic acids is 1. The highest BCUT2D eigenvalue weighted by molar-refractivity contribution is 5.82. The molecular weight excluding hydrogens is 327 g/mol. The molecule has 0 spiro atoms. The summed E-state index contributed by atoms with van der Waals surface area (Å²) in [4.78, 5) is 24.1. The first-order valence-corrected chi connectivity index (χ1v) is 7.35. The van der Waals surface area contributed by atoms with Crippen molar-refractivity contribution in [3.8, 4) is 5.75 Å². The van der Waals surface area contributed by atoms with Gasteiger partial charge in [-0.05, 0) is 31.9 Å². The average molecular weight is 345 g/mol. The van der Waals surface area contributed by atoms with Crippen molar-refractivity contribution in [2.24, 2.45) is 5.41 Å². The first kappa shape index (κ1) is 18.1. The first-order valence-electron chi connectivity index (χ1n) is 7.35. The van der Waals surface area contributed by atoms with Gasteiger partial charge >= 0.3 is 12.1 Å². The third kappa shape index (κ3) is 3.32. The zero-order chi connectivity index (χ0) is 18.1. The Kier molecular flexibility index (Phi) is 4.77. The highest BCUT2D eigenvalue weighted by atomic mass is 19.4. The van der Waals surface area contributed by atoms with Crippen LogP contribution in [0.2, 0.25) is 0 Å². The van der Waals surface area contributed by atoms with Crippen LogP contribution in [0.15, 0.2) is 18.2 Å². The Morgan fingerprint density at radius 2 is 2.00 bits per heavy atom. The topological polar surface area (TPSA) is 66.8 Å². The Balaban J connectivity index is 2.03. The summed E-state index contributed by atoms with van der Waals surface area (Å²) in [6.45, 7) is 2.11. The molecule has 1 fully saturated rings. The number of benzene rings is 1. The Labute approximate surface area is 137 Å². The first-order chi connectivity index (χ1) is 11.1. The summed E-state index contributed by atoms with van der Waals surface area (Å²) in [5.41, 5.74) is -1.08. The van der Waals surface area contributed by atoms with Crippen LogP contribution in [0.3, 0.4) is 0 Å². The molecule has 1 aromatic rings. The molecule has 0 bridgehead atoms. The minimum atomic E-state index is -4.91. The zero-order valence-corrected chi connectivity index (χ0v) is 13.3. The molecule has 1 amide bonds. The second-order valence-electron chi connectivity index (χ2n) is 6.01. The quantitative estimate of drug-likeness (QED) is 0.911. The number of aryl methyl sites for hydroxylation is 2. The van der Waals surface area contributed by atoms with E-state index in [1.165, 1.54) is 0 Å². The Bertz CT molecular complexity index is 659. The molecule has 1 aromatic carbocycles. The van der Waals surface area contributed by atoms with Crippen molar-refractivity contribution in [3.63, 3.8) is 0 Å². The lowest BCUT2D eigenvalue weighted by Crippen LogP contribution is -2.48. The summed E-state index contributed by atoms with van der Waals surface area (Å²) in [7, 11) is 0. The number of hydrogen-bond donors (Lipinski definition) is 1. The number of carbonyl (C=O) groups is 2. The Morgan fingerprint density at radius 3 is 2.50 bits per heavy atom. The number of carboxylic acids is 1. The van der Waals surface area contributed by atoms with E-state index >= 15 is 0 Å². The van der Waals surface area contributed by atoms with E-state index in [0.717, 1.165) is 16.0 Å². The highest BCUT2D eigenvalue weighted by Crippen LogP contribution is 2.45. The summed E-state index contributed by atoms with van der Waals surface area (Å²) in [5, 5.41) is 8.98. The molecule has 0 aliphatic carbocycles. The largest absolute Gasteiger partial charge is 0.484 e. The molecule has 5 nitrogen and oxygen atoms in total. The van der Waals surface area contributed by atoms with Crippen LogP contribution in [0.4, 0.5) is 13.2 Å². The van der Waals surface area contributed by atoms with E-state index in [1.54, 1.807) is 19.1 Å². The monoisotopic (exact) mass is 345 g/mol. The second-order valence-corrected chi connectivity index (χ2v) is 6.01. The van der Waals surface area contributed by atoms with Crippen molar-refractivity contribution in [2.45, 2.75) is 26.4 Å². The highest BCUT2D eigenvalue weighted by Gasteiger charge is 2.64. The fourth-order valence-electron chi connectivity index (χ4n) is 2.74. The molecule has 2 rings (SSSR count). The van der Waals surface area contributed by atoms with Crippen molar-refractivity contribution in [3.05, 3.63) is 29.3 Å². The SMILES string of the molecule is Cc1ccc(OCC(=O)N2CCC(C(=O)O)(C(F)(F)F)C2)c(C)c1. The van der Waals surface area contributed by atoms with Gasteiger partial charge in [0.15, 0.2) is 12.0 Å². The van der Waals surface area contributed by atoms with Crippen LogP contribution in [0.5, 0.6) is 5.75 Å². The number of aliphatic carboxylic acids is 1. The normalized spacial score (nSPS) is 21.0. The van der Waals surface area contributed by atoms with Gasteiger partial charge in [-0.25, -0.2) is 0 Å². The molecule has 1 atom stereocenters. The van der Waals surface area contributed by atoms with Gasteiger partial charge in [0.1, 0.15) is 5.75 Å². The van der Waals surface area contributed by atoms with Crippen LogP contribution in [-0.4, -0.2) is 47.8 Å². The third-order valence-corrected chi connectivity index (χ3v) is 4.26. The van der Waals surface area contributed by atoms with Crippen LogP contribution in [0.25, 0.3) is 0 Å². The number of nitrogens with zero attached hydrogens (tertiary/aromatic N) is 1. The molecular formula is C16H18F3NO4. The maximum Gasteiger partial charge on any atom is 0.406 e. The number of carboxylic acid groups (broad SMARTS) is 1. The predicted molar refractivity (Wildman–Crippen MR) is 78.7 cm³/mol. The zero-order valence-electron chi connectivity index (χ0n) is 13.3. The van der Waals surface area contributed by atoms with Crippen molar-refractivity contribution >= 4 is 11.9 Å². The van der Waals surface area contributed by atoms with Gasteiger partial charge in [0.2, 0.25) is 0 Å². The number of amides is 1. The number of ether oxygens (including phenoxy) is 1. The molecule has 0 radical (unpaired) electrons. The fraction of sp³-hybridized carbons (Fsp3) is 0.500. The van der Waals surface area contributed by atoms with E-state index in [1.807, 2.05) is 13.0 Å². The predicted octanol–water partition coefficient (Wildman–Crippen LogP) is 2.55. The van der Waals surface area contributed by atoms with E-state index in [-0.39, 0.29) is 6.54 Å². The molecule has 24 heavy (non-hydrogen) atoms. The summed E-state index contributed by atoms with van der Waals surface area (Å²) in [6.07, 6.45) is -5.57. The number of halogens is 3. The van der Waals surface area contributed by atoms with Crippen LogP contribution in [0, 0.1) is 19.3 Å². The molecule has 1 heterocycles. The average Bonchev–Trinajstić information content (AvgIpc) is 2.92. The van der Waals surface area contributed by atoms with Crippen LogP contribution >= 0.6 is 0 Å². The van der Waals surface area contributed by atoms with E-state index < -0.39 is 43.0 Å². The fourth-order valence-corrected chi connectivity index (χ4v) is 2.74. The van der Waals surface area contributed by atoms with Crippen molar-refractivity contribution in [2.75, 3.05) is 19.7 Å². The van der Waals surface area contributed by atoms with Crippen LogP contribution in [-0.2, 0) is 9.59 Å². The molecule has 1 N–H and O–H groups in total. The van der Waals surface area contributed by atoms with Gasteiger partial charge in [-0.15, -0.1) is 0 Å². The molecule has 1 aliphatic heterocycles. The number of hydrogen-bond acceptors (Lipinski definition) is 3. The molecule has 1 saturated heterocycles. The van der Waals surface area contributed by atoms with Gasteiger partial charge in [-0.2, -0.15) is 13.2 Å². The minimum absolute atomic E-state index is 0.263. The lowest BCUT2D eigenvalue weighted by molar-refractivity contribution is -0.227. The maximum atomic E-state index is 13.1. The van der Waals surface area contributed by atoms with Crippen molar-refractivity contribution in [1.29, 1.82) is 0 Å². The van der Waals surface area contributed by atoms with Gasteiger partial charge in [0, 0.05) is 13.1 Å². The van der Waals surface area contributed by atoms with Crippen LogP contribution < -0.4 is 4.74 Å². The van der Waals surface area contributed by atoms with E-state index in [9.17, 15) is 22.8 Å². The van der Waals surface area contributed by atoms with Crippen molar-refractivity contribution in [1.82, 2.24) is 4.90 Å². The molecule has 1 unspecified atom stereocenters. The minimum Gasteiger partial charge on any atom is -0.484 e. The summed E-state index contributed by atoms with van der Waals surface area (Å²) >= 11 is 0. The van der Waals surface area contributed by atoms with Crippen molar-refractivity contribution < 1.29 is 32.6 Å². The van der Waals surface area contributed by atoms with Crippen LogP contribution in [0.1, 0.15) is 17.5 Å². The van der Waals surface area contributed by atoms with E-state index in [0.29, 0.717) is 5.75 Å². The lowest BCUT2D eigenvalue weighted by Gasteiger charge is -2.27. The van der Waals surface area contributed by atoms with Gasteiger partial charge in [0.25, 0.3) is 5.91 Å². The summed E-state index contributed by atoms with van der Waals surface area (Å²) < 4.78 is 44.6. The molecule has 8 heteroatoms. The molecule has 0 aromatic heterocycles. The van der Waals surface area contributed by atoms with Gasteiger partial charge in [-0.1, -0.05) is 17.7 Å². The Hall–Kier alpha value is -2.25.